The van der Waals surface area contributed by atoms with Gasteiger partial charge in [-0.25, -0.2) is 0 Å². The van der Waals surface area contributed by atoms with E-state index in [0.717, 1.165) is 5.56 Å². The quantitative estimate of drug-likeness (QED) is 0.733. The summed E-state index contributed by atoms with van der Waals surface area (Å²) in [5.74, 6) is -0.714. The SMILES string of the molecule is Cl.NC(=O)C[C@@H](NC(=O)C1COCCN1)c1cccc(Cl)c1. The number of rotatable bonds is 5. The van der Waals surface area contributed by atoms with E-state index in [1.807, 2.05) is 0 Å². The van der Waals surface area contributed by atoms with Crippen molar-refractivity contribution < 1.29 is 14.3 Å². The fourth-order valence-corrected chi connectivity index (χ4v) is 2.38. The highest BCUT2D eigenvalue weighted by Gasteiger charge is 2.25. The van der Waals surface area contributed by atoms with Crippen molar-refractivity contribution in [3.8, 4) is 0 Å². The van der Waals surface area contributed by atoms with Crippen LogP contribution >= 0.6 is 24.0 Å². The van der Waals surface area contributed by atoms with Gasteiger partial charge in [0.15, 0.2) is 0 Å². The number of nitrogens with one attached hydrogen (secondary N) is 2. The maximum absolute atomic E-state index is 12.2. The fourth-order valence-electron chi connectivity index (χ4n) is 2.18. The Bertz CT molecular complexity index is 522. The number of primary amides is 1. The molecule has 0 spiro atoms. The Morgan fingerprint density at radius 2 is 2.27 bits per heavy atom. The molecule has 1 saturated heterocycles. The molecule has 1 heterocycles. The first kappa shape index (κ1) is 18.7. The molecule has 22 heavy (non-hydrogen) atoms. The number of halogens is 2. The van der Waals surface area contributed by atoms with Gasteiger partial charge in [0, 0.05) is 11.6 Å². The summed E-state index contributed by atoms with van der Waals surface area (Å²) in [5, 5.41) is 6.42. The number of nitrogens with two attached hydrogens (primary N) is 1. The Balaban J connectivity index is 0.00000242. The monoisotopic (exact) mass is 347 g/mol. The minimum atomic E-state index is -0.502. The summed E-state index contributed by atoms with van der Waals surface area (Å²) < 4.78 is 5.25. The van der Waals surface area contributed by atoms with Crippen molar-refractivity contribution in [2.75, 3.05) is 19.8 Å². The molecule has 1 aliphatic heterocycles. The van der Waals surface area contributed by atoms with Gasteiger partial charge in [-0.1, -0.05) is 23.7 Å². The van der Waals surface area contributed by atoms with Crippen molar-refractivity contribution in [3.63, 3.8) is 0 Å². The highest BCUT2D eigenvalue weighted by Crippen LogP contribution is 2.20. The second-order valence-corrected chi connectivity index (χ2v) is 5.30. The molecule has 1 fully saturated rings. The molecule has 0 aromatic heterocycles. The van der Waals surface area contributed by atoms with Crippen LogP contribution in [0.1, 0.15) is 18.0 Å². The summed E-state index contributed by atoms with van der Waals surface area (Å²) in [4.78, 5) is 23.4. The Morgan fingerprint density at radius 1 is 1.50 bits per heavy atom. The van der Waals surface area contributed by atoms with Crippen LogP contribution in [0.3, 0.4) is 0 Å². The van der Waals surface area contributed by atoms with Crippen LogP contribution in [0.2, 0.25) is 5.02 Å². The fraction of sp³-hybridized carbons (Fsp3) is 0.429. The third-order valence-electron chi connectivity index (χ3n) is 3.21. The number of ether oxygens (including phenoxy) is 1. The molecule has 8 heteroatoms. The molecule has 0 radical (unpaired) electrons. The van der Waals surface area contributed by atoms with Crippen molar-refractivity contribution in [2.45, 2.75) is 18.5 Å². The topological polar surface area (TPSA) is 93.5 Å². The van der Waals surface area contributed by atoms with E-state index < -0.39 is 18.0 Å². The molecular weight excluding hydrogens is 329 g/mol. The van der Waals surface area contributed by atoms with E-state index in [4.69, 9.17) is 22.1 Å². The van der Waals surface area contributed by atoms with Gasteiger partial charge in [-0.05, 0) is 17.7 Å². The molecule has 0 saturated carbocycles. The Morgan fingerprint density at radius 3 is 2.86 bits per heavy atom. The zero-order chi connectivity index (χ0) is 15.2. The number of amides is 2. The molecule has 2 rings (SSSR count). The third kappa shape index (κ3) is 5.46. The maximum atomic E-state index is 12.2. The van der Waals surface area contributed by atoms with E-state index in [-0.39, 0.29) is 24.7 Å². The molecule has 6 nitrogen and oxygen atoms in total. The third-order valence-corrected chi connectivity index (χ3v) is 3.45. The smallest absolute Gasteiger partial charge is 0.240 e. The van der Waals surface area contributed by atoms with Crippen molar-refractivity contribution in [2.24, 2.45) is 5.73 Å². The Kier molecular flexibility index (Phi) is 7.61. The first-order valence-corrected chi connectivity index (χ1v) is 7.09. The number of carbonyl (C=O) groups excluding carboxylic acids is 2. The van der Waals surface area contributed by atoms with Crippen LogP contribution in [0.15, 0.2) is 24.3 Å². The van der Waals surface area contributed by atoms with Crippen LogP contribution in [0, 0.1) is 0 Å². The molecule has 1 aliphatic rings. The van der Waals surface area contributed by atoms with Gasteiger partial charge < -0.3 is 21.1 Å². The van der Waals surface area contributed by atoms with Gasteiger partial charge in [0.25, 0.3) is 0 Å². The van der Waals surface area contributed by atoms with Crippen molar-refractivity contribution in [1.82, 2.24) is 10.6 Å². The normalized spacial score (nSPS) is 18.9. The lowest BCUT2D eigenvalue weighted by Crippen LogP contribution is -2.52. The predicted octanol–water partition coefficient (Wildman–Crippen LogP) is 0.783. The summed E-state index contributed by atoms with van der Waals surface area (Å²) in [6, 6.07) is 6.07. The summed E-state index contributed by atoms with van der Waals surface area (Å²) in [5.41, 5.74) is 6.00. The molecule has 122 valence electrons. The van der Waals surface area contributed by atoms with E-state index in [0.29, 0.717) is 24.8 Å². The first-order valence-electron chi connectivity index (χ1n) is 6.71. The average Bonchev–Trinajstić information content (AvgIpc) is 2.47. The van der Waals surface area contributed by atoms with Gasteiger partial charge in [-0.3, -0.25) is 9.59 Å². The Labute approximate surface area is 140 Å². The summed E-state index contributed by atoms with van der Waals surface area (Å²) in [7, 11) is 0. The van der Waals surface area contributed by atoms with Crippen molar-refractivity contribution >= 4 is 35.8 Å². The molecule has 2 atom stereocenters. The van der Waals surface area contributed by atoms with Crippen molar-refractivity contribution in [3.05, 3.63) is 34.9 Å². The minimum absolute atomic E-state index is 0. The number of morpholine rings is 1. The zero-order valence-electron chi connectivity index (χ0n) is 11.9. The molecule has 1 unspecified atom stereocenters. The lowest BCUT2D eigenvalue weighted by atomic mass is 10.0. The number of carbonyl (C=O) groups is 2. The van der Waals surface area contributed by atoms with E-state index in [9.17, 15) is 9.59 Å². The molecule has 4 N–H and O–H groups in total. The van der Waals surface area contributed by atoms with E-state index in [1.54, 1.807) is 24.3 Å². The van der Waals surface area contributed by atoms with Gasteiger partial charge in [0.2, 0.25) is 11.8 Å². The minimum Gasteiger partial charge on any atom is -0.378 e. The average molecular weight is 348 g/mol. The van der Waals surface area contributed by atoms with Crippen LogP contribution in [-0.2, 0) is 14.3 Å². The molecule has 0 bridgehead atoms. The number of benzene rings is 1. The van der Waals surface area contributed by atoms with Crippen LogP contribution < -0.4 is 16.4 Å². The lowest BCUT2D eigenvalue weighted by molar-refractivity contribution is -0.127. The molecule has 2 amide bonds. The summed E-state index contributed by atoms with van der Waals surface area (Å²) >= 11 is 5.95. The first-order chi connectivity index (χ1) is 10.1. The van der Waals surface area contributed by atoms with Crippen LogP contribution in [0.4, 0.5) is 0 Å². The number of hydrogen-bond donors (Lipinski definition) is 3. The lowest BCUT2D eigenvalue weighted by Gasteiger charge is -2.26. The summed E-state index contributed by atoms with van der Waals surface area (Å²) in [6.07, 6.45) is 0.0136. The predicted molar refractivity (Wildman–Crippen MR) is 86.0 cm³/mol. The standard InChI is InChI=1S/C14H18ClN3O3.ClH/c15-10-3-1-2-9(6-10)11(7-13(16)19)18-14(20)12-8-21-5-4-17-12;/h1-3,6,11-12,17H,4-5,7-8H2,(H2,16,19)(H,18,20);1H/t11-,12?;/m1./s1. The van der Waals surface area contributed by atoms with Gasteiger partial charge in [-0.15, -0.1) is 12.4 Å². The highest BCUT2D eigenvalue weighted by molar-refractivity contribution is 6.30. The van der Waals surface area contributed by atoms with Crippen LogP contribution in [0.5, 0.6) is 0 Å². The van der Waals surface area contributed by atoms with E-state index in [2.05, 4.69) is 10.6 Å². The van der Waals surface area contributed by atoms with Gasteiger partial charge in [0.1, 0.15) is 6.04 Å². The van der Waals surface area contributed by atoms with Crippen LogP contribution in [-0.4, -0.2) is 37.6 Å². The Hall–Kier alpha value is -1.34. The second-order valence-electron chi connectivity index (χ2n) is 4.87. The van der Waals surface area contributed by atoms with E-state index >= 15 is 0 Å². The van der Waals surface area contributed by atoms with Gasteiger partial charge in [0.05, 0.1) is 25.7 Å². The largest absolute Gasteiger partial charge is 0.378 e. The second kappa shape index (κ2) is 8.95. The van der Waals surface area contributed by atoms with Gasteiger partial charge >= 0.3 is 0 Å². The molecule has 0 aliphatic carbocycles. The molecule has 1 aromatic rings. The highest BCUT2D eigenvalue weighted by atomic mass is 35.5. The van der Waals surface area contributed by atoms with E-state index in [1.165, 1.54) is 0 Å². The zero-order valence-corrected chi connectivity index (χ0v) is 13.5. The molecular formula is C14H19Cl2N3O3. The van der Waals surface area contributed by atoms with Crippen molar-refractivity contribution in [1.29, 1.82) is 0 Å². The summed E-state index contributed by atoms with van der Waals surface area (Å²) in [6.45, 7) is 1.52. The number of hydrogen-bond acceptors (Lipinski definition) is 4. The van der Waals surface area contributed by atoms with Gasteiger partial charge in [-0.2, -0.15) is 0 Å². The van der Waals surface area contributed by atoms with Crippen LogP contribution in [0.25, 0.3) is 0 Å². The molecule has 1 aromatic carbocycles. The maximum Gasteiger partial charge on any atom is 0.240 e.